The lowest BCUT2D eigenvalue weighted by Gasteiger charge is -2.13. The van der Waals surface area contributed by atoms with Gasteiger partial charge in [-0.15, -0.1) is 0 Å². The van der Waals surface area contributed by atoms with E-state index in [0.29, 0.717) is 0 Å². The Kier molecular flexibility index (Phi) is 8.86. The van der Waals surface area contributed by atoms with Crippen molar-refractivity contribution < 1.29 is 9.59 Å². The van der Waals surface area contributed by atoms with Gasteiger partial charge in [0.25, 0.3) is 0 Å². The van der Waals surface area contributed by atoms with Crippen molar-refractivity contribution in [3.8, 4) is 0 Å². The maximum absolute atomic E-state index is 10.6. The van der Waals surface area contributed by atoms with Crippen LogP contribution in [0.2, 0.25) is 0 Å². The number of carbonyl (C=O) groups is 2. The number of thioether (sulfide) groups is 2. The van der Waals surface area contributed by atoms with Gasteiger partial charge in [0.2, 0.25) is 0 Å². The molecule has 0 aromatic rings. The zero-order valence-corrected chi connectivity index (χ0v) is 10.9. The molecule has 6 heteroatoms. The van der Waals surface area contributed by atoms with Gasteiger partial charge in [0, 0.05) is 38.4 Å². The summed E-state index contributed by atoms with van der Waals surface area (Å²) in [6.07, 6.45) is 0. The van der Waals surface area contributed by atoms with Crippen molar-refractivity contribution in [3.63, 3.8) is 0 Å². The third-order valence-corrected chi connectivity index (χ3v) is 3.30. The first-order valence-electron chi connectivity index (χ1n) is 4.23. The molecule has 0 aromatic heterocycles. The fraction of sp³-hybridized carbons (Fsp3) is 0.750. The molecule has 0 amide bonds. The minimum Gasteiger partial charge on any atom is -0.288 e. The van der Waals surface area contributed by atoms with Crippen molar-refractivity contribution in [2.45, 2.75) is 13.8 Å². The van der Waals surface area contributed by atoms with Crippen LogP contribution in [0.5, 0.6) is 0 Å². The molecule has 0 spiro atoms. The largest absolute Gasteiger partial charge is 0.288 e. The predicted molar refractivity (Wildman–Crippen MR) is 66.8 cm³/mol. The second-order valence-electron chi connectivity index (χ2n) is 2.63. The van der Waals surface area contributed by atoms with Gasteiger partial charge in [-0.05, 0) is 0 Å². The lowest BCUT2D eigenvalue weighted by atomic mass is 10.6. The first-order chi connectivity index (χ1) is 6.52. The molecule has 0 aromatic carbocycles. The van der Waals surface area contributed by atoms with Crippen LogP contribution >= 0.6 is 36.3 Å². The van der Waals surface area contributed by atoms with Crippen molar-refractivity contribution in [1.29, 1.82) is 0 Å². The molecule has 0 saturated heterocycles. The topological polar surface area (TPSA) is 37.4 Å². The van der Waals surface area contributed by atoms with Gasteiger partial charge in [0.1, 0.15) is 0 Å². The fourth-order valence-corrected chi connectivity index (χ4v) is 2.37. The van der Waals surface area contributed by atoms with E-state index in [9.17, 15) is 9.59 Å². The van der Waals surface area contributed by atoms with E-state index in [1.165, 1.54) is 23.5 Å². The molecule has 0 rings (SSSR count). The van der Waals surface area contributed by atoms with Crippen LogP contribution in [-0.2, 0) is 9.59 Å². The number of hydrogen-bond acceptors (Lipinski definition) is 6. The molecule has 0 saturated carbocycles. The Balaban J connectivity index is 3.32. The standard InChI is InChI=1S/C8H15NO2S3/c1-7(10)13-5-3-9(12)4-6-14-8(2)11/h12H,3-6H2,1-2H3. The van der Waals surface area contributed by atoms with Crippen molar-refractivity contribution >= 4 is 46.6 Å². The molecule has 0 radical (unpaired) electrons. The van der Waals surface area contributed by atoms with Crippen molar-refractivity contribution in [3.05, 3.63) is 0 Å². The van der Waals surface area contributed by atoms with Crippen LogP contribution in [0.3, 0.4) is 0 Å². The van der Waals surface area contributed by atoms with Crippen molar-refractivity contribution in [2.24, 2.45) is 0 Å². The van der Waals surface area contributed by atoms with Crippen LogP contribution in [0.4, 0.5) is 0 Å². The van der Waals surface area contributed by atoms with E-state index in [0.717, 1.165) is 24.6 Å². The highest BCUT2D eigenvalue weighted by Crippen LogP contribution is 2.06. The Labute approximate surface area is 98.9 Å². The third kappa shape index (κ3) is 10.4. The molecule has 3 nitrogen and oxygen atoms in total. The van der Waals surface area contributed by atoms with E-state index >= 15 is 0 Å². The third-order valence-electron chi connectivity index (χ3n) is 1.31. The van der Waals surface area contributed by atoms with Crippen LogP contribution in [0.25, 0.3) is 0 Å². The van der Waals surface area contributed by atoms with Crippen molar-refractivity contribution in [1.82, 2.24) is 4.31 Å². The van der Waals surface area contributed by atoms with E-state index in [1.54, 1.807) is 13.8 Å². The summed E-state index contributed by atoms with van der Waals surface area (Å²) in [4.78, 5) is 21.2. The average molecular weight is 253 g/mol. The Morgan fingerprint density at radius 3 is 1.71 bits per heavy atom. The Bertz CT molecular complexity index is 179. The van der Waals surface area contributed by atoms with Gasteiger partial charge >= 0.3 is 0 Å². The Morgan fingerprint density at radius 2 is 1.43 bits per heavy atom. The van der Waals surface area contributed by atoms with Gasteiger partial charge in [-0.3, -0.25) is 13.9 Å². The van der Waals surface area contributed by atoms with Gasteiger partial charge in [0.15, 0.2) is 10.2 Å². The van der Waals surface area contributed by atoms with Gasteiger partial charge < -0.3 is 0 Å². The van der Waals surface area contributed by atoms with E-state index in [1.807, 2.05) is 4.31 Å². The molecule has 0 unspecified atom stereocenters. The van der Waals surface area contributed by atoms with Gasteiger partial charge in [0.05, 0.1) is 0 Å². The maximum Gasteiger partial charge on any atom is 0.185 e. The monoisotopic (exact) mass is 253 g/mol. The quantitative estimate of drug-likeness (QED) is 0.729. The molecule has 0 heterocycles. The molecule has 82 valence electrons. The maximum atomic E-state index is 10.6. The zero-order chi connectivity index (χ0) is 11.0. The molecular formula is C8H15NO2S3. The van der Waals surface area contributed by atoms with Crippen molar-refractivity contribution in [2.75, 3.05) is 24.6 Å². The number of rotatable bonds is 6. The summed E-state index contributed by atoms with van der Waals surface area (Å²) >= 11 is 6.81. The minimum atomic E-state index is 0.129. The van der Waals surface area contributed by atoms with Crippen LogP contribution in [0, 0.1) is 0 Å². The molecule has 0 bridgehead atoms. The summed E-state index contributed by atoms with van der Waals surface area (Å²) in [7, 11) is 0. The highest BCUT2D eigenvalue weighted by molar-refractivity contribution is 8.13. The normalized spacial score (nSPS) is 10.6. The fourth-order valence-electron chi connectivity index (χ4n) is 0.701. The summed E-state index contributed by atoms with van der Waals surface area (Å²) in [5.74, 6) is 1.51. The SMILES string of the molecule is CC(=O)SCCN(S)CCSC(C)=O. The average Bonchev–Trinajstić information content (AvgIpc) is 2.02. The van der Waals surface area contributed by atoms with E-state index < -0.39 is 0 Å². The van der Waals surface area contributed by atoms with Crippen LogP contribution in [-0.4, -0.2) is 39.1 Å². The Hall–Kier alpha value is 0.350. The number of hydrogen-bond donors (Lipinski definition) is 1. The lowest BCUT2D eigenvalue weighted by molar-refractivity contribution is -0.109. The summed E-state index contributed by atoms with van der Waals surface area (Å²) < 4.78 is 1.83. The van der Waals surface area contributed by atoms with Gasteiger partial charge in [-0.1, -0.05) is 36.3 Å². The number of carbonyl (C=O) groups excluding carboxylic acids is 2. The predicted octanol–water partition coefficient (Wildman–Crippen LogP) is 1.69. The molecule has 0 aliphatic carbocycles. The summed E-state index contributed by atoms with van der Waals surface area (Å²) in [5.41, 5.74) is 0. The first kappa shape index (κ1) is 14.3. The summed E-state index contributed by atoms with van der Waals surface area (Å²) in [6.45, 7) is 4.62. The second-order valence-corrected chi connectivity index (χ2v) is 5.74. The lowest BCUT2D eigenvalue weighted by Crippen LogP contribution is -2.19. The smallest absolute Gasteiger partial charge is 0.185 e. The molecule has 14 heavy (non-hydrogen) atoms. The molecule has 0 aliphatic heterocycles. The zero-order valence-electron chi connectivity index (χ0n) is 8.36. The van der Waals surface area contributed by atoms with Crippen LogP contribution in [0.15, 0.2) is 0 Å². The molecule has 0 fully saturated rings. The molecule has 0 atom stereocenters. The number of nitrogens with zero attached hydrogens (tertiary/aromatic N) is 1. The summed E-state index contributed by atoms with van der Waals surface area (Å²) in [6, 6.07) is 0. The van der Waals surface area contributed by atoms with Crippen LogP contribution in [0.1, 0.15) is 13.8 Å². The molecule has 0 aliphatic rings. The van der Waals surface area contributed by atoms with Crippen LogP contribution < -0.4 is 0 Å². The first-order valence-corrected chi connectivity index (χ1v) is 6.60. The van der Waals surface area contributed by atoms with E-state index in [2.05, 4.69) is 12.8 Å². The van der Waals surface area contributed by atoms with Gasteiger partial charge in [-0.25, -0.2) is 0 Å². The van der Waals surface area contributed by atoms with E-state index in [4.69, 9.17) is 0 Å². The van der Waals surface area contributed by atoms with Gasteiger partial charge in [-0.2, -0.15) is 0 Å². The highest BCUT2D eigenvalue weighted by atomic mass is 32.2. The van der Waals surface area contributed by atoms with E-state index in [-0.39, 0.29) is 10.2 Å². The number of thiol groups is 1. The molecular weight excluding hydrogens is 238 g/mol. The molecule has 0 N–H and O–H groups in total. The second kappa shape index (κ2) is 8.64. The minimum absolute atomic E-state index is 0.129. The Morgan fingerprint density at radius 1 is 1.07 bits per heavy atom. The summed E-state index contributed by atoms with van der Waals surface area (Å²) in [5, 5.41) is 0.259. The highest BCUT2D eigenvalue weighted by Gasteiger charge is 2.02.